The van der Waals surface area contributed by atoms with Crippen molar-refractivity contribution < 1.29 is 13.2 Å². The molecule has 2 rings (SSSR count). The van der Waals surface area contributed by atoms with Crippen LogP contribution in [0, 0.1) is 0 Å². The molecule has 0 radical (unpaired) electrons. The summed E-state index contributed by atoms with van der Waals surface area (Å²) in [6, 6.07) is 7.72. The maximum atomic E-state index is 12.5. The van der Waals surface area contributed by atoms with Crippen LogP contribution < -0.4 is 10.0 Å². The number of rotatable bonds is 7. The van der Waals surface area contributed by atoms with Gasteiger partial charge in [0.15, 0.2) is 5.78 Å². The molecular formula is C16H17Cl2N3O3S. The van der Waals surface area contributed by atoms with Gasteiger partial charge in [-0.15, -0.1) is 0 Å². The van der Waals surface area contributed by atoms with Crippen LogP contribution in [0.2, 0.25) is 10.0 Å². The smallest absolute Gasteiger partial charge is 0.235 e. The number of nitrogens with zero attached hydrogens (tertiary/aromatic N) is 2. The van der Waals surface area contributed by atoms with Gasteiger partial charge in [-0.05, 0) is 37.3 Å². The molecule has 0 fully saturated rings. The fourth-order valence-electron chi connectivity index (χ4n) is 2.14. The van der Waals surface area contributed by atoms with Crippen LogP contribution in [-0.4, -0.2) is 31.5 Å². The number of Topliss-reactive ketones (excluding diaryl/α,β-unsaturated/α-hetero) is 1. The Balaban J connectivity index is 2.39. The molecule has 1 heterocycles. The van der Waals surface area contributed by atoms with E-state index in [0.717, 1.165) is 0 Å². The van der Waals surface area contributed by atoms with Crippen molar-refractivity contribution in [3.8, 4) is 0 Å². The van der Waals surface area contributed by atoms with Gasteiger partial charge in [0.1, 0.15) is 0 Å². The largest absolute Gasteiger partial charge is 0.324 e. The molecule has 0 saturated carbocycles. The molecule has 0 atom stereocenters. The molecule has 0 aliphatic heterocycles. The van der Waals surface area contributed by atoms with Gasteiger partial charge in [-0.25, -0.2) is 8.42 Å². The highest BCUT2D eigenvalue weighted by atomic mass is 35.5. The van der Waals surface area contributed by atoms with Gasteiger partial charge >= 0.3 is 0 Å². The minimum Gasteiger partial charge on any atom is -0.324 e. The quantitative estimate of drug-likeness (QED) is 0.719. The second-order valence-electron chi connectivity index (χ2n) is 5.20. The van der Waals surface area contributed by atoms with Crippen LogP contribution in [0.5, 0.6) is 0 Å². The summed E-state index contributed by atoms with van der Waals surface area (Å²) in [6.07, 6.45) is 1.38. The minimum atomic E-state index is -3.59. The molecule has 2 aromatic rings. The van der Waals surface area contributed by atoms with Crippen LogP contribution in [0.3, 0.4) is 0 Å². The fourth-order valence-corrected chi connectivity index (χ4v) is 3.72. The Morgan fingerprint density at radius 2 is 1.84 bits per heavy atom. The Labute approximate surface area is 156 Å². The van der Waals surface area contributed by atoms with Crippen LogP contribution in [0.15, 0.2) is 36.5 Å². The first-order valence-electron chi connectivity index (χ1n) is 7.41. The lowest BCUT2D eigenvalue weighted by Crippen LogP contribution is -2.32. The lowest BCUT2D eigenvalue weighted by molar-refractivity contribution is 0.100. The van der Waals surface area contributed by atoms with Gasteiger partial charge in [-0.2, -0.15) is 0 Å². The average molecular weight is 402 g/mol. The highest BCUT2D eigenvalue weighted by Gasteiger charge is 2.22. The zero-order valence-corrected chi connectivity index (χ0v) is 15.8. The van der Waals surface area contributed by atoms with Crippen molar-refractivity contribution >= 4 is 44.7 Å². The third kappa shape index (κ3) is 4.92. The number of hydrogen-bond donors (Lipinski definition) is 1. The van der Waals surface area contributed by atoms with Crippen LogP contribution in [-0.2, 0) is 16.6 Å². The molecule has 1 aromatic heterocycles. The minimum absolute atomic E-state index is 0.00998. The van der Waals surface area contributed by atoms with Gasteiger partial charge in [0.05, 0.1) is 30.2 Å². The first-order chi connectivity index (χ1) is 11.8. The van der Waals surface area contributed by atoms with Crippen LogP contribution in [0.4, 0.5) is 5.69 Å². The predicted molar refractivity (Wildman–Crippen MR) is 99.7 cm³/mol. The Kier molecular flexibility index (Phi) is 6.40. The van der Waals surface area contributed by atoms with Gasteiger partial charge in [-0.3, -0.25) is 14.1 Å². The molecule has 25 heavy (non-hydrogen) atoms. The van der Waals surface area contributed by atoms with Crippen molar-refractivity contribution in [1.29, 1.82) is 0 Å². The topological polar surface area (TPSA) is 93.4 Å². The zero-order chi connectivity index (χ0) is 18.6. The van der Waals surface area contributed by atoms with Crippen molar-refractivity contribution in [2.24, 2.45) is 5.73 Å². The number of aromatic nitrogens is 1. The summed E-state index contributed by atoms with van der Waals surface area (Å²) < 4.78 is 26.2. The molecule has 9 heteroatoms. The summed E-state index contributed by atoms with van der Waals surface area (Å²) in [7, 11) is -3.59. The summed E-state index contributed by atoms with van der Waals surface area (Å²) in [6.45, 7) is 1.42. The summed E-state index contributed by atoms with van der Waals surface area (Å²) in [4.78, 5) is 15.7. The van der Waals surface area contributed by atoms with E-state index in [1.807, 2.05) is 0 Å². The highest BCUT2D eigenvalue weighted by Crippen LogP contribution is 2.28. The molecule has 1 aromatic carbocycles. The fraction of sp³-hybridized carbons (Fsp3) is 0.250. The van der Waals surface area contributed by atoms with Crippen molar-refractivity contribution in [2.75, 3.05) is 16.6 Å². The van der Waals surface area contributed by atoms with Crippen molar-refractivity contribution in [3.05, 3.63) is 57.8 Å². The van der Waals surface area contributed by atoms with E-state index in [0.29, 0.717) is 27.0 Å². The maximum absolute atomic E-state index is 12.5. The van der Waals surface area contributed by atoms with Gasteiger partial charge in [0, 0.05) is 21.8 Å². The van der Waals surface area contributed by atoms with E-state index in [9.17, 15) is 13.2 Å². The molecule has 6 nitrogen and oxygen atoms in total. The lowest BCUT2D eigenvalue weighted by atomic mass is 10.2. The maximum Gasteiger partial charge on any atom is 0.235 e. The van der Waals surface area contributed by atoms with Gasteiger partial charge in [-0.1, -0.05) is 23.2 Å². The lowest BCUT2D eigenvalue weighted by Gasteiger charge is -2.24. The number of nitrogens with two attached hydrogens (primary N) is 1. The molecule has 0 bridgehead atoms. The standard InChI is InChI=1S/C16H17Cl2N3O3S/c1-2-25(23,24)21(15-6-12(17)5-13(18)7-15)10-14-4-3-11(9-20-14)16(22)8-19/h3-7,9H,2,8,10,19H2,1H3. The third-order valence-corrected chi connectivity index (χ3v) is 5.65. The molecule has 0 aliphatic carbocycles. The summed E-state index contributed by atoms with van der Waals surface area (Å²) in [5, 5.41) is 0.659. The molecule has 0 spiro atoms. The summed E-state index contributed by atoms with van der Waals surface area (Å²) in [5.74, 6) is -0.334. The number of halogens is 2. The molecule has 0 aliphatic rings. The summed E-state index contributed by atoms with van der Waals surface area (Å²) >= 11 is 12.0. The van der Waals surface area contributed by atoms with Crippen LogP contribution in [0.25, 0.3) is 0 Å². The number of ketones is 1. The van der Waals surface area contributed by atoms with E-state index < -0.39 is 10.0 Å². The SMILES string of the molecule is CCS(=O)(=O)N(Cc1ccc(C(=O)CN)cn1)c1cc(Cl)cc(Cl)c1. The monoisotopic (exact) mass is 401 g/mol. The van der Waals surface area contributed by atoms with Gasteiger partial charge in [0.2, 0.25) is 10.0 Å². The van der Waals surface area contributed by atoms with Gasteiger partial charge in [0.25, 0.3) is 0 Å². The first kappa shape index (κ1) is 19.7. The Morgan fingerprint density at radius 3 is 2.32 bits per heavy atom. The number of carbonyl (C=O) groups excluding carboxylic acids is 1. The van der Waals surface area contributed by atoms with E-state index >= 15 is 0 Å². The molecular weight excluding hydrogens is 385 g/mol. The molecule has 134 valence electrons. The van der Waals surface area contributed by atoms with Crippen molar-refractivity contribution in [2.45, 2.75) is 13.5 Å². The average Bonchev–Trinajstić information content (AvgIpc) is 2.58. The molecule has 0 saturated heterocycles. The zero-order valence-electron chi connectivity index (χ0n) is 13.4. The number of benzene rings is 1. The van der Waals surface area contributed by atoms with E-state index in [2.05, 4.69) is 4.98 Å². The van der Waals surface area contributed by atoms with Gasteiger partial charge < -0.3 is 5.73 Å². The third-order valence-electron chi connectivity index (χ3n) is 3.47. The van der Waals surface area contributed by atoms with Crippen LogP contribution >= 0.6 is 23.2 Å². The van der Waals surface area contributed by atoms with E-state index in [-0.39, 0.29) is 24.6 Å². The van der Waals surface area contributed by atoms with E-state index in [4.69, 9.17) is 28.9 Å². The van der Waals surface area contributed by atoms with Crippen molar-refractivity contribution in [1.82, 2.24) is 4.98 Å². The normalized spacial score (nSPS) is 11.4. The second-order valence-corrected chi connectivity index (χ2v) is 8.26. The Morgan fingerprint density at radius 1 is 1.20 bits per heavy atom. The number of sulfonamides is 1. The molecule has 2 N–H and O–H groups in total. The van der Waals surface area contributed by atoms with Crippen molar-refractivity contribution in [3.63, 3.8) is 0 Å². The van der Waals surface area contributed by atoms with E-state index in [1.165, 1.54) is 28.7 Å². The Bertz CT molecular complexity index is 850. The van der Waals surface area contributed by atoms with Crippen LogP contribution in [0.1, 0.15) is 23.0 Å². The number of pyridine rings is 1. The Hall–Kier alpha value is -1.67. The predicted octanol–water partition coefficient (Wildman–Crippen LogP) is 2.89. The number of hydrogen-bond acceptors (Lipinski definition) is 5. The molecule has 0 unspecified atom stereocenters. The molecule has 0 amide bonds. The highest BCUT2D eigenvalue weighted by molar-refractivity contribution is 7.92. The van der Waals surface area contributed by atoms with E-state index in [1.54, 1.807) is 19.1 Å². The number of anilines is 1. The number of carbonyl (C=O) groups is 1. The summed E-state index contributed by atoms with van der Waals surface area (Å²) in [5.41, 5.74) is 6.51. The second kappa shape index (κ2) is 8.14. The first-order valence-corrected chi connectivity index (χ1v) is 9.78.